The van der Waals surface area contributed by atoms with E-state index in [1.807, 2.05) is 20.8 Å². The summed E-state index contributed by atoms with van der Waals surface area (Å²) < 4.78 is 5.31. The van der Waals surface area contributed by atoms with Crippen molar-refractivity contribution in [1.29, 1.82) is 0 Å². The Kier molecular flexibility index (Phi) is 3.35. The SMILES string of the molecule is CC[C@@H]1C=C(C(=O)OC(C)(C)C)CC1. The minimum Gasteiger partial charge on any atom is -0.457 e. The summed E-state index contributed by atoms with van der Waals surface area (Å²) in [5.74, 6) is 0.450. The third kappa shape index (κ3) is 3.17. The number of hydrogen-bond acceptors (Lipinski definition) is 2. The van der Waals surface area contributed by atoms with Crippen LogP contribution in [0.15, 0.2) is 11.6 Å². The highest BCUT2D eigenvalue weighted by atomic mass is 16.6. The van der Waals surface area contributed by atoms with E-state index in [0.717, 1.165) is 24.8 Å². The molecule has 0 aromatic rings. The van der Waals surface area contributed by atoms with Crippen molar-refractivity contribution in [3.05, 3.63) is 11.6 Å². The fourth-order valence-corrected chi connectivity index (χ4v) is 1.63. The highest BCUT2D eigenvalue weighted by Crippen LogP contribution is 2.28. The maximum absolute atomic E-state index is 11.6. The molecule has 2 heteroatoms. The van der Waals surface area contributed by atoms with Crippen molar-refractivity contribution in [3.8, 4) is 0 Å². The molecule has 0 fully saturated rings. The number of rotatable bonds is 2. The van der Waals surface area contributed by atoms with Crippen LogP contribution in [-0.4, -0.2) is 11.6 Å². The second-order valence-corrected chi connectivity index (χ2v) is 4.90. The smallest absolute Gasteiger partial charge is 0.334 e. The Morgan fingerprint density at radius 2 is 2.21 bits per heavy atom. The van der Waals surface area contributed by atoms with Gasteiger partial charge in [-0.3, -0.25) is 0 Å². The van der Waals surface area contributed by atoms with Gasteiger partial charge in [0, 0.05) is 5.57 Å². The van der Waals surface area contributed by atoms with Gasteiger partial charge in [-0.25, -0.2) is 4.79 Å². The van der Waals surface area contributed by atoms with E-state index in [-0.39, 0.29) is 11.6 Å². The van der Waals surface area contributed by atoms with Crippen LogP contribution in [0.25, 0.3) is 0 Å². The quantitative estimate of drug-likeness (QED) is 0.634. The fourth-order valence-electron chi connectivity index (χ4n) is 1.63. The molecule has 0 saturated carbocycles. The number of carbonyl (C=O) groups excluding carboxylic acids is 1. The van der Waals surface area contributed by atoms with Gasteiger partial charge in [0.2, 0.25) is 0 Å². The van der Waals surface area contributed by atoms with Gasteiger partial charge >= 0.3 is 5.97 Å². The first-order valence-electron chi connectivity index (χ1n) is 5.36. The minimum atomic E-state index is -0.373. The van der Waals surface area contributed by atoms with E-state index in [1.54, 1.807) is 0 Å². The van der Waals surface area contributed by atoms with Crippen molar-refractivity contribution in [2.24, 2.45) is 5.92 Å². The van der Waals surface area contributed by atoms with E-state index in [0.29, 0.717) is 5.92 Å². The van der Waals surface area contributed by atoms with Gasteiger partial charge in [0.05, 0.1) is 0 Å². The predicted molar refractivity (Wildman–Crippen MR) is 56.9 cm³/mol. The molecule has 0 unspecified atom stereocenters. The van der Waals surface area contributed by atoms with Gasteiger partial charge in [-0.05, 0) is 46.0 Å². The van der Waals surface area contributed by atoms with Gasteiger partial charge in [-0.1, -0.05) is 13.0 Å². The van der Waals surface area contributed by atoms with Crippen molar-refractivity contribution < 1.29 is 9.53 Å². The topological polar surface area (TPSA) is 26.3 Å². The summed E-state index contributed by atoms with van der Waals surface area (Å²) in [4.78, 5) is 11.6. The summed E-state index contributed by atoms with van der Waals surface area (Å²) in [7, 11) is 0. The summed E-state index contributed by atoms with van der Waals surface area (Å²) in [6.45, 7) is 7.85. The molecule has 14 heavy (non-hydrogen) atoms. The second-order valence-electron chi connectivity index (χ2n) is 4.90. The van der Waals surface area contributed by atoms with Crippen molar-refractivity contribution >= 4 is 5.97 Å². The van der Waals surface area contributed by atoms with E-state index in [1.165, 1.54) is 0 Å². The number of esters is 1. The average molecular weight is 196 g/mol. The predicted octanol–water partition coefficient (Wildman–Crippen LogP) is 3.07. The van der Waals surface area contributed by atoms with Crippen LogP contribution >= 0.6 is 0 Å². The lowest BCUT2D eigenvalue weighted by atomic mass is 10.1. The van der Waals surface area contributed by atoms with Crippen LogP contribution < -0.4 is 0 Å². The largest absolute Gasteiger partial charge is 0.457 e. The Balaban J connectivity index is 2.55. The van der Waals surface area contributed by atoms with Gasteiger partial charge in [-0.15, -0.1) is 0 Å². The molecule has 0 aliphatic heterocycles. The molecule has 1 rings (SSSR count). The van der Waals surface area contributed by atoms with Crippen molar-refractivity contribution in [1.82, 2.24) is 0 Å². The average Bonchev–Trinajstić information content (AvgIpc) is 2.48. The summed E-state index contributed by atoms with van der Waals surface area (Å²) in [5, 5.41) is 0. The van der Waals surface area contributed by atoms with Gasteiger partial charge in [0.1, 0.15) is 5.60 Å². The molecule has 0 saturated heterocycles. The zero-order chi connectivity index (χ0) is 10.8. The highest BCUT2D eigenvalue weighted by Gasteiger charge is 2.24. The molecule has 0 bridgehead atoms. The zero-order valence-electron chi connectivity index (χ0n) is 9.59. The first-order valence-corrected chi connectivity index (χ1v) is 5.36. The molecule has 0 spiro atoms. The molecule has 0 heterocycles. The first kappa shape index (κ1) is 11.3. The lowest BCUT2D eigenvalue weighted by Crippen LogP contribution is -2.24. The number of carbonyl (C=O) groups is 1. The zero-order valence-corrected chi connectivity index (χ0v) is 9.59. The van der Waals surface area contributed by atoms with Crippen LogP contribution in [0.2, 0.25) is 0 Å². The lowest BCUT2D eigenvalue weighted by Gasteiger charge is -2.19. The number of ether oxygens (including phenoxy) is 1. The van der Waals surface area contributed by atoms with Gasteiger partial charge in [0.25, 0.3) is 0 Å². The second kappa shape index (κ2) is 4.16. The highest BCUT2D eigenvalue weighted by molar-refractivity contribution is 5.89. The van der Waals surface area contributed by atoms with Crippen LogP contribution in [0.4, 0.5) is 0 Å². The molecule has 0 N–H and O–H groups in total. The monoisotopic (exact) mass is 196 g/mol. The first-order chi connectivity index (χ1) is 6.42. The Morgan fingerprint density at radius 3 is 2.64 bits per heavy atom. The Bertz CT molecular complexity index is 246. The third-order valence-corrected chi connectivity index (χ3v) is 2.41. The van der Waals surface area contributed by atoms with Crippen LogP contribution in [0, 0.1) is 5.92 Å². The molecule has 2 nitrogen and oxygen atoms in total. The number of hydrogen-bond donors (Lipinski definition) is 0. The van der Waals surface area contributed by atoms with E-state index >= 15 is 0 Å². The molecule has 0 aromatic carbocycles. The van der Waals surface area contributed by atoms with E-state index in [9.17, 15) is 4.79 Å². The maximum Gasteiger partial charge on any atom is 0.334 e. The Labute approximate surface area is 86.3 Å². The molecule has 1 aliphatic carbocycles. The van der Waals surface area contributed by atoms with Gasteiger partial charge < -0.3 is 4.74 Å². The molecule has 0 aromatic heterocycles. The van der Waals surface area contributed by atoms with Crippen LogP contribution in [-0.2, 0) is 9.53 Å². The van der Waals surface area contributed by atoms with Crippen LogP contribution in [0.5, 0.6) is 0 Å². The Morgan fingerprint density at radius 1 is 1.57 bits per heavy atom. The van der Waals surface area contributed by atoms with Crippen molar-refractivity contribution in [2.45, 2.75) is 52.6 Å². The molecule has 1 aliphatic rings. The van der Waals surface area contributed by atoms with E-state index in [4.69, 9.17) is 4.74 Å². The Hall–Kier alpha value is -0.790. The fraction of sp³-hybridized carbons (Fsp3) is 0.750. The molecule has 0 amide bonds. The minimum absolute atomic E-state index is 0.131. The van der Waals surface area contributed by atoms with Gasteiger partial charge in [-0.2, -0.15) is 0 Å². The molecule has 1 atom stereocenters. The molecular weight excluding hydrogens is 176 g/mol. The van der Waals surface area contributed by atoms with Crippen LogP contribution in [0.1, 0.15) is 47.0 Å². The molecule has 80 valence electrons. The number of allylic oxidation sites excluding steroid dienone is 1. The summed E-state index contributed by atoms with van der Waals surface area (Å²) in [5.41, 5.74) is 0.495. The maximum atomic E-state index is 11.6. The van der Waals surface area contributed by atoms with Crippen LogP contribution in [0.3, 0.4) is 0 Å². The summed E-state index contributed by atoms with van der Waals surface area (Å²) in [6, 6.07) is 0. The van der Waals surface area contributed by atoms with E-state index < -0.39 is 0 Å². The third-order valence-electron chi connectivity index (χ3n) is 2.41. The van der Waals surface area contributed by atoms with Crippen molar-refractivity contribution in [2.75, 3.05) is 0 Å². The summed E-state index contributed by atoms with van der Waals surface area (Å²) in [6.07, 6.45) is 5.18. The normalized spacial score (nSPS) is 22.0. The summed E-state index contributed by atoms with van der Waals surface area (Å²) >= 11 is 0. The molecular formula is C12H20O2. The van der Waals surface area contributed by atoms with Crippen molar-refractivity contribution in [3.63, 3.8) is 0 Å². The van der Waals surface area contributed by atoms with Gasteiger partial charge in [0.15, 0.2) is 0 Å². The van der Waals surface area contributed by atoms with E-state index in [2.05, 4.69) is 13.0 Å². The standard InChI is InChI=1S/C12H20O2/c1-5-9-6-7-10(8-9)11(13)14-12(2,3)4/h8-9H,5-7H2,1-4H3/t9-/m0/s1. The lowest BCUT2D eigenvalue weighted by molar-refractivity contribution is -0.149. The molecule has 0 radical (unpaired) electrons.